The zero-order valence-corrected chi connectivity index (χ0v) is 4.22. The van der Waals surface area contributed by atoms with Gasteiger partial charge in [-0.05, 0) is 12.8 Å². The largest absolute Gasteiger partial charge is 0.316 e. The maximum Gasteiger partial charge on any atom is 0.0592 e. The molecule has 2 heteroatoms. The average molecular weight is 98.1 g/mol. The number of nitrogens with two attached hydrogens (primary N) is 1. The summed E-state index contributed by atoms with van der Waals surface area (Å²) >= 11 is 0. The van der Waals surface area contributed by atoms with Crippen molar-refractivity contribution < 1.29 is 0 Å². The number of nitrogens with one attached hydrogen (secondary N) is 1. The van der Waals surface area contributed by atoms with Gasteiger partial charge in [0.2, 0.25) is 0 Å². The molecule has 2 fully saturated rings. The third-order valence-corrected chi connectivity index (χ3v) is 2.20. The van der Waals surface area contributed by atoms with Crippen LogP contribution in [0, 0.1) is 5.92 Å². The van der Waals surface area contributed by atoms with Gasteiger partial charge in [0.25, 0.3) is 0 Å². The molecule has 2 rings (SSSR count). The maximum absolute atomic E-state index is 5.55. The SMILES string of the molecule is NC1NC2CCC12. The van der Waals surface area contributed by atoms with Gasteiger partial charge in [0.15, 0.2) is 0 Å². The van der Waals surface area contributed by atoms with E-state index in [0.29, 0.717) is 6.17 Å². The number of fused-ring (bicyclic) bond motifs is 1. The number of hydrogen-bond acceptors (Lipinski definition) is 2. The van der Waals surface area contributed by atoms with Gasteiger partial charge in [-0.1, -0.05) is 0 Å². The van der Waals surface area contributed by atoms with Crippen molar-refractivity contribution in [3.8, 4) is 0 Å². The zero-order chi connectivity index (χ0) is 4.85. The first-order valence-electron chi connectivity index (χ1n) is 2.89. The quantitative estimate of drug-likeness (QED) is 0.434. The maximum atomic E-state index is 5.55. The number of piperidine rings is 1. The third kappa shape index (κ3) is 0.318. The first kappa shape index (κ1) is 3.87. The van der Waals surface area contributed by atoms with Crippen LogP contribution < -0.4 is 11.1 Å². The molecule has 3 unspecified atom stereocenters. The van der Waals surface area contributed by atoms with Gasteiger partial charge in [-0.3, -0.25) is 5.32 Å². The number of hydrogen-bond donors (Lipinski definition) is 2. The highest BCUT2D eigenvalue weighted by Gasteiger charge is 2.44. The molecule has 0 bridgehead atoms. The lowest BCUT2D eigenvalue weighted by Gasteiger charge is -2.52. The van der Waals surface area contributed by atoms with Crippen LogP contribution in [0.4, 0.5) is 0 Å². The average Bonchev–Trinajstić information content (AvgIpc) is 1.59. The third-order valence-electron chi connectivity index (χ3n) is 2.20. The topological polar surface area (TPSA) is 38.0 Å². The van der Waals surface area contributed by atoms with Crippen LogP contribution in [0.3, 0.4) is 0 Å². The summed E-state index contributed by atoms with van der Waals surface area (Å²) in [6.45, 7) is 0. The van der Waals surface area contributed by atoms with E-state index in [-0.39, 0.29) is 0 Å². The first-order chi connectivity index (χ1) is 3.38. The zero-order valence-electron chi connectivity index (χ0n) is 4.22. The van der Waals surface area contributed by atoms with Crippen molar-refractivity contribution in [3.05, 3.63) is 0 Å². The molecule has 40 valence electrons. The first-order valence-corrected chi connectivity index (χ1v) is 2.89. The Hall–Kier alpha value is -0.0800. The summed E-state index contributed by atoms with van der Waals surface area (Å²) in [5, 5.41) is 3.22. The van der Waals surface area contributed by atoms with Crippen LogP contribution in [0.15, 0.2) is 0 Å². The van der Waals surface area contributed by atoms with Crippen molar-refractivity contribution in [1.82, 2.24) is 5.32 Å². The molecule has 1 saturated carbocycles. The molecule has 1 aliphatic carbocycles. The predicted molar refractivity (Wildman–Crippen MR) is 27.6 cm³/mol. The van der Waals surface area contributed by atoms with E-state index in [4.69, 9.17) is 5.73 Å². The van der Waals surface area contributed by atoms with Gasteiger partial charge >= 0.3 is 0 Å². The molecule has 0 spiro atoms. The van der Waals surface area contributed by atoms with Gasteiger partial charge in [-0.25, -0.2) is 0 Å². The smallest absolute Gasteiger partial charge is 0.0592 e. The monoisotopic (exact) mass is 98.1 g/mol. The Kier molecular flexibility index (Phi) is 0.557. The Morgan fingerprint density at radius 2 is 2.29 bits per heavy atom. The predicted octanol–water partition coefficient (Wildman–Crippen LogP) is -0.347. The normalized spacial score (nSPS) is 57.0. The molecule has 0 radical (unpaired) electrons. The van der Waals surface area contributed by atoms with Gasteiger partial charge in [-0.15, -0.1) is 0 Å². The Bertz CT molecular complexity index is 88.1. The molecule has 0 aromatic carbocycles. The summed E-state index contributed by atoms with van der Waals surface area (Å²) in [5.74, 6) is 0.847. The van der Waals surface area contributed by atoms with E-state index in [1.54, 1.807) is 0 Å². The van der Waals surface area contributed by atoms with Crippen molar-refractivity contribution in [2.75, 3.05) is 0 Å². The minimum atomic E-state index is 0.346. The summed E-state index contributed by atoms with van der Waals surface area (Å²) in [7, 11) is 0. The second kappa shape index (κ2) is 1.01. The molecule has 7 heavy (non-hydrogen) atoms. The minimum absolute atomic E-state index is 0.346. The standard InChI is InChI=1S/C5H10N2/c6-5-3-1-2-4(3)7-5/h3-5,7H,1-2,6H2. The van der Waals surface area contributed by atoms with Crippen molar-refractivity contribution in [2.45, 2.75) is 25.0 Å². The Morgan fingerprint density at radius 1 is 1.43 bits per heavy atom. The van der Waals surface area contributed by atoms with Crippen LogP contribution in [0.25, 0.3) is 0 Å². The fourth-order valence-corrected chi connectivity index (χ4v) is 1.41. The van der Waals surface area contributed by atoms with E-state index >= 15 is 0 Å². The van der Waals surface area contributed by atoms with Gasteiger partial charge in [-0.2, -0.15) is 0 Å². The molecule has 1 aliphatic heterocycles. The van der Waals surface area contributed by atoms with Crippen LogP contribution in [-0.4, -0.2) is 12.2 Å². The van der Waals surface area contributed by atoms with Crippen LogP contribution in [0.2, 0.25) is 0 Å². The molecular weight excluding hydrogens is 88.1 g/mol. The molecule has 1 heterocycles. The van der Waals surface area contributed by atoms with Gasteiger partial charge < -0.3 is 5.73 Å². The Morgan fingerprint density at radius 3 is 2.29 bits per heavy atom. The minimum Gasteiger partial charge on any atom is -0.316 e. The molecular formula is C5H10N2. The lowest BCUT2D eigenvalue weighted by molar-refractivity contribution is 0.0456. The highest BCUT2D eigenvalue weighted by molar-refractivity contribution is 5.01. The van der Waals surface area contributed by atoms with Crippen LogP contribution in [-0.2, 0) is 0 Å². The lowest BCUT2D eigenvalue weighted by atomic mass is 9.71. The van der Waals surface area contributed by atoms with E-state index in [9.17, 15) is 0 Å². The van der Waals surface area contributed by atoms with Crippen molar-refractivity contribution in [3.63, 3.8) is 0 Å². The molecule has 3 N–H and O–H groups in total. The summed E-state index contributed by atoms with van der Waals surface area (Å²) in [6, 6.07) is 0.815. The van der Waals surface area contributed by atoms with Crippen LogP contribution >= 0.6 is 0 Å². The number of rotatable bonds is 0. The van der Waals surface area contributed by atoms with Crippen molar-refractivity contribution >= 4 is 0 Å². The van der Waals surface area contributed by atoms with Gasteiger partial charge in [0.05, 0.1) is 6.17 Å². The summed E-state index contributed by atoms with van der Waals surface area (Å²) < 4.78 is 0. The van der Waals surface area contributed by atoms with Crippen molar-refractivity contribution in [2.24, 2.45) is 11.7 Å². The molecule has 2 nitrogen and oxygen atoms in total. The molecule has 1 saturated heterocycles. The van der Waals surface area contributed by atoms with Crippen LogP contribution in [0.1, 0.15) is 12.8 Å². The van der Waals surface area contributed by atoms with E-state index in [0.717, 1.165) is 12.0 Å². The second-order valence-corrected chi connectivity index (χ2v) is 2.54. The van der Waals surface area contributed by atoms with Gasteiger partial charge in [0.1, 0.15) is 0 Å². The van der Waals surface area contributed by atoms with Crippen LogP contribution in [0.5, 0.6) is 0 Å². The highest BCUT2D eigenvalue weighted by Crippen LogP contribution is 2.36. The van der Waals surface area contributed by atoms with E-state index in [2.05, 4.69) is 5.32 Å². The molecule has 3 atom stereocenters. The molecule has 0 aromatic heterocycles. The lowest BCUT2D eigenvalue weighted by Crippen LogP contribution is -2.70. The highest BCUT2D eigenvalue weighted by atomic mass is 15.2. The van der Waals surface area contributed by atoms with E-state index in [1.807, 2.05) is 0 Å². The fraction of sp³-hybridized carbons (Fsp3) is 1.00. The van der Waals surface area contributed by atoms with E-state index in [1.165, 1.54) is 12.8 Å². The summed E-state index contributed by atoms with van der Waals surface area (Å²) in [4.78, 5) is 0. The Labute approximate surface area is 43.1 Å². The summed E-state index contributed by atoms with van der Waals surface area (Å²) in [6.07, 6.45) is 3.07. The molecule has 0 aromatic rings. The summed E-state index contributed by atoms with van der Waals surface area (Å²) in [5.41, 5.74) is 5.55. The Balaban J connectivity index is 1.99. The fourth-order valence-electron chi connectivity index (χ4n) is 1.41. The molecule has 0 amide bonds. The molecule has 2 aliphatic rings. The second-order valence-electron chi connectivity index (χ2n) is 2.54. The van der Waals surface area contributed by atoms with Crippen molar-refractivity contribution in [1.29, 1.82) is 0 Å². The van der Waals surface area contributed by atoms with Gasteiger partial charge in [0, 0.05) is 12.0 Å². The van der Waals surface area contributed by atoms with E-state index < -0.39 is 0 Å².